The number of nitrogens with one attached hydrogen (secondary N) is 1. The molecule has 1 N–H and O–H groups in total. The molecule has 0 aliphatic heterocycles. The minimum atomic E-state index is -0.145. The number of nitrogens with zero attached hydrogens (tertiary/aromatic N) is 1. The Morgan fingerprint density at radius 2 is 2.04 bits per heavy atom. The van der Waals surface area contributed by atoms with Crippen LogP contribution in [-0.2, 0) is 4.79 Å². The largest absolute Gasteiger partial charge is 0.482 e. The minimum Gasteiger partial charge on any atom is -0.482 e. The fourth-order valence-corrected chi connectivity index (χ4v) is 3.33. The number of likely N-dealkylation sites (N-methyl/N-ethyl adjacent to an activating group) is 1. The van der Waals surface area contributed by atoms with Crippen molar-refractivity contribution in [3.8, 4) is 5.75 Å². The molecular weight excluding hydrogens is 335 g/mol. The van der Waals surface area contributed by atoms with Crippen molar-refractivity contribution in [3.05, 3.63) is 28.2 Å². The number of amides is 1. The van der Waals surface area contributed by atoms with Crippen LogP contribution in [0.5, 0.6) is 5.75 Å². The lowest BCUT2D eigenvalue weighted by Gasteiger charge is -2.31. The van der Waals surface area contributed by atoms with E-state index in [1.54, 1.807) is 18.2 Å². The van der Waals surface area contributed by atoms with Crippen LogP contribution in [0, 0.1) is 0 Å². The van der Waals surface area contributed by atoms with Gasteiger partial charge in [0.15, 0.2) is 6.61 Å². The highest BCUT2D eigenvalue weighted by Gasteiger charge is 2.17. The highest BCUT2D eigenvalue weighted by molar-refractivity contribution is 6.35. The van der Waals surface area contributed by atoms with E-state index in [2.05, 4.69) is 17.3 Å². The van der Waals surface area contributed by atoms with Gasteiger partial charge >= 0.3 is 0 Å². The van der Waals surface area contributed by atoms with Gasteiger partial charge in [-0.3, -0.25) is 4.79 Å². The second-order valence-electron chi connectivity index (χ2n) is 5.99. The number of hydrogen-bond donors (Lipinski definition) is 1. The molecule has 1 aromatic rings. The molecule has 0 saturated heterocycles. The van der Waals surface area contributed by atoms with Crippen molar-refractivity contribution in [1.82, 2.24) is 10.2 Å². The van der Waals surface area contributed by atoms with Crippen molar-refractivity contribution in [2.75, 3.05) is 26.7 Å². The molecule has 0 unspecified atom stereocenters. The summed E-state index contributed by atoms with van der Waals surface area (Å²) in [5.74, 6) is 0.318. The van der Waals surface area contributed by atoms with E-state index in [1.807, 2.05) is 0 Å². The maximum absolute atomic E-state index is 11.8. The van der Waals surface area contributed by atoms with Gasteiger partial charge in [0.1, 0.15) is 5.75 Å². The van der Waals surface area contributed by atoms with Crippen molar-refractivity contribution in [3.63, 3.8) is 0 Å². The quantitative estimate of drug-likeness (QED) is 0.806. The third-order valence-electron chi connectivity index (χ3n) is 4.24. The first kappa shape index (κ1) is 18.4. The van der Waals surface area contributed by atoms with Gasteiger partial charge in [-0.2, -0.15) is 0 Å². The molecule has 0 radical (unpaired) electrons. The third kappa shape index (κ3) is 6.21. The maximum atomic E-state index is 11.8. The second-order valence-corrected chi connectivity index (χ2v) is 6.83. The highest BCUT2D eigenvalue weighted by atomic mass is 35.5. The van der Waals surface area contributed by atoms with Gasteiger partial charge < -0.3 is 15.0 Å². The van der Waals surface area contributed by atoms with E-state index in [-0.39, 0.29) is 12.5 Å². The van der Waals surface area contributed by atoms with Crippen molar-refractivity contribution < 1.29 is 9.53 Å². The number of benzene rings is 1. The van der Waals surface area contributed by atoms with Crippen molar-refractivity contribution in [1.29, 1.82) is 0 Å². The monoisotopic (exact) mass is 358 g/mol. The molecule has 4 nitrogen and oxygen atoms in total. The van der Waals surface area contributed by atoms with Gasteiger partial charge in [-0.05, 0) is 38.1 Å². The van der Waals surface area contributed by atoms with E-state index in [4.69, 9.17) is 27.9 Å². The molecule has 0 aromatic heterocycles. The summed E-state index contributed by atoms with van der Waals surface area (Å²) < 4.78 is 5.41. The average molecular weight is 359 g/mol. The number of rotatable bonds is 7. The van der Waals surface area contributed by atoms with Crippen LogP contribution in [0.4, 0.5) is 0 Å². The lowest BCUT2D eigenvalue weighted by atomic mass is 9.94. The molecule has 2 rings (SSSR count). The summed E-state index contributed by atoms with van der Waals surface area (Å²) in [5, 5.41) is 3.82. The first-order valence-electron chi connectivity index (χ1n) is 8.11. The minimum absolute atomic E-state index is 0.0471. The van der Waals surface area contributed by atoms with Gasteiger partial charge in [0, 0.05) is 24.2 Å². The number of hydrogen-bond acceptors (Lipinski definition) is 3. The second kappa shape index (κ2) is 9.36. The Balaban J connectivity index is 1.64. The predicted molar refractivity (Wildman–Crippen MR) is 94.5 cm³/mol. The zero-order valence-electron chi connectivity index (χ0n) is 13.5. The first-order chi connectivity index (χ1) is 11.1. The summed E-state index contributed by atoms with van der Waals surface area (Å²) >= 11 is 11.8. The SMILES string of the molecule is CN(CCNC(=O)COc1ccc(Cl)cc1Cl)C1CCCCC1. The van der Waals surface area contributed by atoms with Crippen LogP contribution in [0.25, 0.3) is 0 Å². The van der Waals surface area contributed by atoms with Crippen LogP contribution in [-0.4, -0.2) is 43.6 Å². The zero-order chi connectivity index (χ0) is 16.7. The van der Waals surface area contributed by atoms with Gasteiger partial charge in [0.25, 0.3) is 5.91 Å². The highest BCUT2D eigenvalue weighted by Crippen LogP contribution is 2.27. The first-order valence-corrected chi connectivity index (χ1v) is 8.86. The normalized spacial score (nSPS) is 15.7. The van der Waals surface area contributed by atoms with Crippen LogP contribution in [0.3, 0.4) is 0 Å². The molecule has 1 aliphatic rings. The fraction of sp³-hybridized carbons (Fsp3) is 0.588. The lowest BCUT2D eigenvalue weighted by Crippen LogP contribution is -2.40. The summed E-state index contributed by atoms with van der Waals surface area (Å²) in [7, 11) is 2.13. The number of carbonyl (C=O) groups excluding carboxylic acids is 1. The molecular formula is C17H24Cl2N2O2. The fourth-order valence-electron chi connectivity index (χ4n) is 2.86. The van der Waals surface area contributed by atoms with Crippen LogP contribution in [0.2, 0.25) is 10.0 Å². The molecule has 0 spiro atoms. The summed E-state index contributed by atoms with van der Waals surface area (Å²) in [6.45, 7) is 1.44. The standard InChI is InChI=1S/C17H24Cl2N2O2/c1-21(14-5-3-2-4-6-14)10-9-20-17(22)12-23-16-8-7-13(18)11-15(16)19/h7-8,11,14H,2-6,9-10,12H2,1H3,(H,20,22). The van der Waals surface area contributed by atoms with Crippen molar-refractivity contribution in [2.45, 2.75) is 38.1 Å². The molecule has 1 saturated carbocycles. The van der Waals surface area contributed by atoms with E-state index in [9.17, 15) is 4.79 Å². The van der Waals surface area contributed by atoms with Crippen LogP contribution < -0.4 is 10.1 Å². The van der Waals surface area contributed by atoms with Crippen LogP contribution >= 0.6 is 23.2 Å². The van der Waals surface area contributed by atoms with Gasteiger partial charge in [0.05, 0.1) is 5.02 Å². The van der Waals surface area contributed by atoms with Crippen LogP contribution in [0.15, 0.2) is 18.2 Å². The van der Waals surface area contributed by atoms with E-state index < -0.39 is 0 Å². The molecule has 1 aliphatic carbocycles. The Labute approximate surface area is 148 Å². The summed E-state index contributed by atoms with van der Waals surface area (Å²) in [6.07, 6.45) is 6.52. The topological polar surface area (TPSA) is 41.6 Å². The lowest BCUT2D eigenvalue weighted by molar-refractivity contribution is -0.123. The number of halogens is 2. The molecule has 0 atom stereocenters. The molecule has 0 heterocycles. The molecule has 128 valence electrons. The Hall–Kier alpha value is -0.970. The van der Waals surface area contributed by atoms with Crippen molar-refractivity contribution >= 4 is 29.1 Å². The molecule has 6 heteroatoms. The van der Waals surface area contributed by atoms with E-state index in [1.165, 1.54) is 32.1 Å². The summed E-state index contributed by atoms with van der Waals surface area (Å²) in [6, 6.07) is 5.59. The van der Waals surface area contributed by atoms with Gasteiger partial charge in [-0.1, -0.05) is 42.5 Å². The number of carbonyl (C=O) groups is 1. The average Bonchev–Trinajstić information content (AvgIpc) is 2.54. The third-order valence-corrected chi connectivity index (χ3v) is 4.77. The Morgan fingerprint density at radius 1 is 1.30 bits per heavy atom. The molecule has 1 fully saturated rings. The Bertz CT molecular complexity index is 519. The van der Waals surface area contributed by atoms with Gasteiger partial charge in [-0.25, -0.2) is 0 Å². The van der Waals surface area contributed by atoms with Crippen LogP contribution in [0.1, 0.15) is 32.1 Å². The van der Waals surface area contributed by atoms with E-state index in [0.717, 1.165) is 6.54 Å². The zero-order valence-corrected chi connectivity index (χ0v) is 15.0. The smallest absolute Gasteiger partial charge is 0.257 e. The Morgan fingerprint density at radius 3 is 2.74 bits per heavy atom. The predicted octanol–water partition coefficient (Wildman–Crippen LogP) is 3.75. The van der Waals surface area contributed by atoms with Gasteiger partial charge in [-0.15, -0.1) is 0 Å². The molecule has 1 amide bonds. The maximum Gasteiger partial charge on any atom is 0.257 e. The summed E-state index contributed by atoms with van der Waals surface area (Å²) in [5.41, 5.74) is 0. The summed E-state index contributed by atoms with van der Waals surface area (Å²) in [4.78, 5) is 14.2. The molecule has 23 heavy (non-hydrogen) atoms. The van der Waals surface area contributed by atoms with E-state index in [0.29, 0.717) is 28.4 Å². The number of ether oxygens (including phenoxy) is 1. The van der Waals surface area contributed by atoms with Crippen molar-refractivity contribution in [2.24, 2.45) is 0 Å². The van der Waals surface area contributed by atoms with E-state index >= 15 is 0 Å². The Kier molecular flexibility index (Phi) is 7.47. The molecule has 0 bridgehead atoms. The molecule has 1 aromatic carbocycles. The van der Waals surface area contributed by atoms with Gasteiger partial charge in [0.2, 0.25) is 0 Å².